The smallest absolute Gasteiger partial charge is 0.141 e. The molecule has 0 saturated carbocycles. The number of rotatable bonds is 5. The van der Waals surface area contributed by atoms with Gasteiger partial charge >= 0.3 is 0 Å². The van der Waals surface area contributed by atoms with E-state index in [1.807, 2.05) is 25.1 Å². The molecule has 1 atom stereocenters. The minimum absolute atomic E-state index is 0.562. The predicted molar refractivity (Wildman–Crippen MR) is 69.2 cm³/mol. The van der Waals surface area contributed by atoms with E-state index in [4.69, 9.17) is 10.5 Å². The highest BCUT2D eigenvalue weighted by atomic mass is 32.2. The van der Waals surface area contributed by atoms with Crippen LogP contribution in [-0.4, -0.2) is 22.4 Å². The van der Waals surface area contributed by atoms with Crippen LogP contribution in [0.4, 0.5) is 5.69 Å². The van der Waals surface area contributed by atoms with Crippen LogP contribution in [0.5, 0.6) is 5.75 Å². The molecule has 98 valence electrons. The first kappa shape index (κ1) is 15.9. The maximum absolute atomic E-state index is 9.76. The van der Waals surface area contributed by atoms with Crippen LogP contribution in [0.25, 0.3) is 0 Å². The summed E-state index contributed by atoms with van der Waals surface area (Å²) in [5.74, 6) is 0.734. The molecule has 0 aliphatic carbocycles. The van der Waals surface area contributed by atoms with E-state index in [-0.39, 0.29) is 0 Å². The van der Waals surface area contributed by atoms with Gasteiger partial charge in [-0.3, -0.25) is 4.21 Å². The molecule has 3 N–H and O–H groups in total. The Balaban J connectivity index is 0.000000304. The van der Waals surface area contributed by atoms with Crippen LogP contribution >= 0.6 is 0 Å². The van der Waals surface area contributed by atoms with Crippen LogP contribution in [-0.2, 0) is 11.3 Å². The molecular weight excluding hydrogens is 240 g/mol. The van der Waals surface area contributed by atoms with Crippen molar-refractivity contribution in [1.82, 2.24) is 4.72 Å². The second-order valence-electron chi connectivity index (χ2n) is 3.22. The molecule has 0 radical (unpaired) electrons. The minimum atomic E-state index is -2.07. The van der Waals surface area contributed by atoms with Crippen molar-refractivity contribution in [2.45, 2.75) is 19.8 Å². The molecule has 6 heteroatoms. The van der Waals surface area contributed by atoms with Crippen molar-refractivity contribution >= 4 is 17.0 Å². The lowest BCUT2D eigenvalue weighted by atomic mass is 10.3. The first-order chi connectivity index (χ1) is 8.11. The topological polar surface area (TPSA) is 87.4 Å². The van der Waals surface area contributed by atoms with Crippen LogP contribution in [0, 0.1) is 0 Å². The summed E-state index contributed by atoms with van der Waals surface area (Å²) in [6.45, 7) is 2.57. The van der Waals surface area contributed by atoms with Crippen molar-refractivity contribution < 1.29 is 13.5 Å². The molecule has 0 saturated heterocycles. The number of ether oxygens (including phenoxy) is 1. The summed E-state index contributed by atoms with van der Waals surface area (Å²) >= 11 is -2.07. The fraction of sp³-hybridized carbons (Fsp3) is 0.455. The number of nitrogens with one attached hydrogen (secondary N) is 1. The van der Waals surface area contributed by atoms with Crippen molar-refractivity contribution in [2.75, 3.05) is 19.4 Å². The van der Waals surface area contributed by atoms with Crippen molar-refractivity contribution in [1.29, 1.82) is 0 Å². The summed E-state index contributed by atoms with van der Waals surface area (Å²) in [5, 5.41) is 0. The molecule has 0 amide bonds. The van der Waals surface area contributed by atoms with Gasteiger partial charge in [-0.25, -0.2) is 4.72 Å². The van der Waals surface area contributed by atoms with Gasteiger partial charge in [-0.2, -0.15) is 0 Å². The summed E-state index contributed by atoms with van der Waals surface area (Å²) in [6, 6.07) is 7.39. The van der Waals surface area contributed by atoms with Gasteiger partial charge in [-0.05, 0) is 18.6 Å². The zero-order chi connectivity index (χ0) is 13.1. The Kier molecular flexibility index (Phi) is 9.41. The van der Waals surface area contributed by atoms with Crippen LogP contribution in [0.15, 0.2) is 24.3 Å². The van der Waals surface area contributed by atoms with Gasteiger partial charge in [0.15, 0.2) is 0 Å². The van der Waals surface area contributed by atoms with E-state index in [9.17, 15) is 8.76 Å². The zero-order valence-electron chi connectivity index (χ0n) is 10.1. The Labute approximate surface area is 105 Å². The lowest BCUT2D eigenvalue weighted by molar-refractivity contribution is 0.417. The number of hydrogen-bond donors (Lipinski definition) is 2. The SMILES string of the molecule is CCCCNS(=O)[O-].COc1ccccc1N. The van der Waals surface area contributed by atoms with Crippen molar-refractivity contribution in [2.24, 2.45) is 0 Å². The summed E-state index contributed by atoms with van der Waals surface area (Å²) < 4.78 is 26.7. The average molecular weight is 259 g/mol. The van der Waals surface area contributed by atoms with Crippen molar-refractivity contribution in [3.8, 4) is 5.75 Å². The molecule has 1 unspecified atom stereocenters. The Bertz CT molecular complexity index is 334. The fourth-order valence-corrected chi connectivity index (χ4v) is 1.31. The Hall–Kier alpha value is -1.11. The average Bonchev–Trinajstić information content (AvgIpc) is 2.30. The molecule has 0 spiro atoms. The lowest BCUT2D eigenvalue weighted by Gasteiger charge is -2.04. The third-order valence-corrected chi connectivity index (χ3v) is 2.33. The Morgan fingerprint density at radius 3 is 2.53 bits per heavy atom. The summed E-state index contributed by atoms with van der Waals surface area (Å²) in [5.41, 5.74) is 6.19. The molecule has 0 aromatic heterocycles. The van der Waals surface area contributed by atoms with Gasteiger partial charge in [0.2, 0.25) is 0 Å². The second-order valence-corrected chi connectivity index (χ2v) is 3.98. The van der Waals surface area contributed by atoms with Crippen LogP contribution < -0.4 is 15.2 Å². The quantitative estimate of drug-likeness (QED) is 0.476. The van der Waals surface area contributed by atoms with Gasteiger partial charge in [0.1, 0.15) is 5.75 Å². The standard InChI is InChI=1S/C7H9NO.C4H11NO2S/c1-9-7-5-3-2-4-6(7)8;1-2-3-4-5-8(6)7/h2-5H,8H2,1H3;5H,2-4H2,1H3,(H,6,7)/p-1. The molecule has 0 aliphatic rings. The number of hydrogen-bond acceptors (Lipinski definition) is 4. The van der Waals surface area contributed by atoms with Gasteiger partial charge in [0.05, 0.1) is 12.8 Å². The second kappa shape index (κ2) is 10.1. The Morgan fingerprint density at radius 2 is 2.12 bits per heavy atom. The molecule has 1 rings (SSSR count). The number of methoxy groups -OCH3 is 1. The molecule has 1 aromatic rings. The van der Waals surface area contributed by atoms with E-state index in [1.165, 1.54) is 0 Å². The highest BCUT2D eigenvalue weighted by Gasteiger charge is 1.91. The van der Waals surface area contributed by atoms with Crippen LogP contribution in [0.3, 0.4) is 0 Å². The maximum atomic E-state index is 9.76. The third-order valence-electron chi connectivity index (χ3n) is 1.89. The van der Waals surface area contributed by atoms with E-state index in [1.54, 1.807) is 13.2 Å². The molecule has 0 aliphatic heterocycles. The number of benzene rings is 1. The Morgan fingerprint density at radius 1 is 1.47 bits per heavy atom. The van der Waals surface area contributed by atoms with Gasteiger partial charge in [-0.15, -0.1) is 0 Å². The van der Waals surface area contributed by atoms with Gasteiger partial charge in [-0.1, -0.05) is 25.5 Å². The first-order valence-electron chi connectivity index (χ1n) is 5.33. The van der Waals surface area contributed by atoms with E-state index in [0.29, 0.717) is 12.2 Å². The van der Waals surface area contributed by atoms with Crippen LogP contribution in [0.2, 0.25) is 0 Å². The number of unbranched alkanes of at least 4 members (excludes halogenated alkanes) is 1. The fourth-order valence-electron chi connectivity index (χ4n) is 0.999. The molecular formula is C11H19N2O3S-. The number of nitrogens with two attached hydrogens (primary N) is 1. The van der Waals surface area contributed by atoms with Crippen molar-refractivity contribution in [3.05, 3.63) is 24.3 Å². The molecule has 0 fully saturated rings. The van der Waals surface area contributed by atoms with E-state index >= 15 is 0 Å². The monoisotopic (exact) mass is 259 g/mol. The summed E-state index contributed by atoms with van der Waals surface area (Å²) in [6.07, 6.45) is 1.93. The summed E-state index contributed by atoms with van der Waals surface area (Å²) in [7, 11) is 1.60. The number of nitrogen functional groups attached to an aromatic ring is 1. The minimum Gasteiger partial charge on any atom is -0.760 e. The highest BCUT2D eigenvalue weighted by molar-refractivity contribution is 7.77. The van der Waals surface area contributed by atoms with Crippen molar-refractivity contribution in [3.63, 3.8) is 0 Å². The molecule has 5 nitrogen and oxygen atoms in total. The summed E-state index contributed by atoms with van der Waals surface area (Å²) in [4.78, 5) is 0. The zero-order valence-corrected chi connectivity index (χ0v) is 11.0. The molecule has 1 aromatic carbocycles. The maximum Gasteiger partial charge on any atom is 0.141 e. The number of anilines is 1. The predicted octanol–water partition coefficient (Wildman–Crippen LogP) is 1.45. The molecule has 17 heavy (non-hydrogen) atoms. The van der Waals surface area contributed by atoms with Gasteiger partial charge in [0, 0.05) is 17.8 Å². The largest absolute Gasteiger partial charge is 0.760 e. The lowest BCUT2D eigenvalue weighted by Crippen LogP contribution is -2.17. The van der Waals surface area contributed by atoms with E-state index in [2.05, 4.69) is 4.72 Å². The first-order valence-corrected chi connectivity index (χ1v) is 6.40. The molecule has 0 heterocycles. The van der Waals surface area contributed by atoms with Gasteiger partial charge < -0.3 is 15.0 Å². The third kappa shape index (κ3) is 8.67. The van der Waals surface area contributed by atoms with E-state index < -0.39 is 11.3 Å². The molecule has 0 bridgehead atoms. The van der Waals surface area contributed by atoms with Crippen LogP contribution in [0.1, 0.15) is 19.8 Å². The normalized spacial score (nSPS) is 11.2. The van der Waals surface area contributed by atoms with E-state index in [0.717, 1.165) is 18.6 Å². The highest BCUT2D eigenvalue weighted by Crippen LogP contribution is 2.18. The number of para-hydroxylation sites is 2. The van der Waals surface area contributed by atoms with Gasteiger partial charge in [0.25, 0.3) is 0 Å².